The molecular weight excluding hydrogens is 289 g/mol. The summed E-state index contributed by atoms with van der Waals surface area (Å²) in [6.07, 6.45) is 0. The molecule has 2 nitrogen and oxygen atoms in total. The van der Waals surface area contributed by atoms with Crippen LogP contribution in [0.5, 0.6) is 0 Å². The molecule has 0 saturated carbocycles. The van der Waals surface area contributed by atoms with Gasteiger partial charge < -0.3 is 10.0 Å². The summed E-state index contributed by atoms with van der Waals surface area (Å²) in [6, 6.07) is 14.8. The number of aliphatic hydroxyl groups is 1. The van der Waals surface area contributed by atoms with Crippen LogP contribution in [0.1, 0.15) is 31.9 Å². The Morgan fingerprint density at radius 3 is 2.43 bits per heavy atom. The predicted octanol–water partition coefficient (Wildman–Crippen LogP) is 3.97. The van der Waals surface area contributed by atoms with E-state index in [1.165, 1.54) is 6.07 Å². The molecule has 1 N–H and O–H groups in total. The van der Waals surface area contributed by atoms with Crippen LogP contribution in [-0.2, 0) is 6.54 Å². The van der Waals surface area contributed by atoms with Gasteiger partial charge in [-0.05, 0) is 51.1 Å². The summed E-state index contributed by atoms with van der Waals surface area (Å²) in [5.74, 6) is 5.41. The van der Waals surface area contributed by atoms with Crippen molar-refractivity contribution in [2.24, 2.45) is 0 Å². The fourth-order valence-corrected chi connectivity index (χ4v) is 2.23. The van der Waals surface area contributed by atoms with Crippen LogP contribution in [-0.4, -0.2) is 17.3 Å². The number of nitrogens with zero attached hydrogens (tertiary/aromatic N) is 1. The molecular formula is C20H22FNO. The Bertz CT molecular complexity index is 708. The topological polar surface area (TPSA) is 23.5 Å². The minimum atomic E-state index is -1.06. The van der Waals surface area contributed by atoms with Gasteiger partial charge in [0.05, 0.1) is 0 Å². The molecule has 0 heterocycles. The second-order valence-corrected chi connectivity index (χ2v) is 5.96. The largest absolute Gasteiger partial charge is 0.378 e. The van der Waals surface area contributed by atoms with Gasteiger partial charge in [-0.2, -0.15) is 0 Å². The van der Waals surface area contributed by atoms with Gasteiger partial charge in [0.1, 0.15) is 11.4 Å². The van der Waals surface area contributed by atoms with Crippen molar-refractivity contribution in [3.8, 4) is 11.8 Å². The van der Waals surface area contributed by atoms with Gasteiger partial charge in [0.2, 0.25) is 0 Å². The standard InChI is InChI=1S/C20H22FNO/c1-4-22(18-8-6-5-7-9-18)15-17-14-16(10-11-19(17)21)12-13-20(2,3)23/h5-11,14,23H,4,15H2,1-3H3. The van der Waals surface area contributed by atoms with E-state index in [4.69, 9.17) is 0 Å². The van der Waals surface area contributed by atoms with Gasteiger partial charge in [-0.3, -0.25) is 0 Å². The first-order valence-corrected chi connectivity index (χ1v) is 7.73. The van der Waals surface area contributed by atoms with Gasteiger partial charge in [0.15, 0.2) is 0 Å². The van der Waals surface area contributed by atoms with E-state index in [-0.39, 0.29) is 5.82 Å². The fraction of sp³-hybridized carbons (Fsp3) is 0.300. The Labute approximate surface area is 137 Å². The molecule has 2 rings (SSSR count). The molecule has 120 valence electrons. The van der Waals surface area contributed by atoms with Gasteiger partial charge in [0.25, 0.3) is 0 Å². The van der Waals surface area contributed by atoms with E-state index in [0.717, 1.165) is 12.2 Å². The highest BCUT2D eigenvalue weighted by Crippen LogP contribution is 2.19. The third kappa shape index (κ3) is 5.12. The SMILES string of the molecule is CCN(Cc1cc(C#CC(C)(C)O)ccc1F)c1ccccc1. The highest BCUT2D eigenvalue weighted by molar-refractivity contribution is 5.47. The Hall–Kier alpha value is -2.31. The zero-order valence-corrected chi connectivity index (χ0v) is 13.8. The molecule has 2 aromatic rings. The third-order valence-corrected chi connectivity index (χ3v) is 3.42. The van der Waals surface area contributed by atoms with Crippen LogP contribution < -0.4 is 4.90 Å². The average molecular weight is 311 g/mol. The molecule has 0 radical (unpaired) electrons. The highest BCUT2D eigenvalue weighted by atomic mass is 19.1. The molecule has 0 aromatic heterocycles. The lowest BCUT2D eigenvalue weighted by Gasteiger charge is -2.23. The summed E-state index contributed by atoms with van der Waals surface area (Å²) < 4.78 is 14.1. The van der Waals surface area contributed by atoms with E-state index in [2.05, 4.69) is 16.7 Å². The molecule has 0 spiro atoms. The van der Waals surface area contributed by atoms with Crippen LogP contribution in [0.15, 0.2) is 48.5 Å². The third-order valence-electron chi connectivity index (χ3n) is 3.42. The minimum Gasteiger partial charge on any atom is -0.378 e. The van der Waals surface area contributed by atoms with Crippen LogP contribution in [0.2, 0.25) is 0 Å². The molecule has 0 aliphatic carbocycles. The summed E-state index contributed by atoms with van der Waals surface area (Å²) in [5.41, 5.74) is 1.29. The van der Waals surface area contributed by atoms with E-state index < -0.39 is 5.60 Å². The van der Waals surface area contributed by atoms with Crippen molar-refractivity contribution >= 4 is 5.69 Å². The van der Waals surface area contributed by atoms with E-state index in [0.29, 0.717) is 17.7 Å². The van der Waals surface area contributed by atoms with Crippen LogP contribution in [0.25, 0.3) is 0 Å². The van der Waals surface area contributed by atoms with E-state index in [1.54, 1.807) is 26.0 Å². The quantitative estimate of drug-likeness (QED) is 0.864. The van der Waals surface area contributed by atoms with E-state index >= 15 is 0 Å². The van der Waals surface area contributed by atoms with E-state index in [9.17, 15) is 9.50 Å². The monoisotopic (exact) mass is 311 g/mol. The molecule has 0 atom stereocenters. The van der Waals surface area contributed by atoms with Crippen LogP contribution in [0.3, 0.4) is 0 Å². The first kappa shape index (κ1) is 17.1. The van der Waals surface area contributed by atoms with E-state index in [1.807, 2.05) is 37.3 Å². The predicted molar refractivity (Wildman–Crippen MR) is 92.7 cm³/mol. The molecule has 0 bridgehead atoms. The maximum Gasteiger partial charge on any atom is 0.128 e. The Morgan fingerprint density at radius 1 is 1.13 bits per heavy atom. The Kier molecular flexibility index (Phi) is 5.41. The van der Waals surface area contributed by atoms with Crippen LogP contribution in [0.4, 0.5) is 10.1 Å². The van der Waals surface area contributed by atoms with Crippen molar-refractivity contribution in [1.82, 2.24) is 0 Å². The molecule has 2 aromatic carbocycles. The fourth-order valence-electron chi connectivity index (χ4n) is 2.23. The lowest BCUT2D eigenvalue weighted by Crippen LogP contribution is -2.22. The molecule has 0 aliphatic rings. The number of para-hydroxylation sites is 1. The second kappa shape index (κ2) is 7.30. The summed E-state index contributed by atoms with van der Waals surface area (Å²) >= 11 is 0. The second-order valence-electron chi connectivity index (χ2n) is 5.96. The number of anilines is 1. The molecule has 0 saturated heterocycles. The number of hydrogen-bond donors (Lipinski definition) is 1. The number of hydrogen-bond acceptors (Lipinski definition) is 2. The van der Waals surface area contributed by atoms with Gasteiger partial charge in [-0.15, -0.1) is 0 Å². The summed E-state index contributed by atoms with van der Waals surface area (Å²) in [7, 11) is 0. The first-order chi connectivity index (χ1) is 10.9. The maximum atomic E-state index is 14.1. The van der Waals surface area contributed by atoms with Crippen molar-refractivity contribution < 1.29 is 9.50 Å². The highest BCUT2D eigenvalue weighted by Gasteiger charge is 2.10. The molecule has 0 fully saturated rings. The summed E-state index contributed by atoms with van der Waals surface area (Å²) in [4.78, 5) is 2.10. The molecule has 0 unspecified atom stereocenters. The van der Waals surface area contributed by atoms with Gasteiger partial charge in [0, 0.05) is 29.9 Å². The van der Waals surface area contributed by atoms with Crippen molar-refractivity contribution in [1.29, 1.82) is 0 Å². The smallest absolute Gasteiger partial charge is 0.128 e. The van der Waals surface area contributed by atoms with Crippen molar-refractivity contribution in [2.45, 2.75) is 32.9 Å². The maximum absolute atomic E-state index is 14.1. The zero-order valence-electron chi connectivity index (χ0n) is 13.8. The molecule has 0 amide bonds. The lowest BCUT2D eigenvalue weighted by molar-refractivity contribution is 0.143. The van der Waals surface area contributed by atoms with Crippen molar-refractivity contribution in [2.75, 3.05) is 11.4 Å². The van der Waals surface area contributed by atoms with Gasteiger partial charge in [-0.1, -0.05) is 30.0 Å². The minimum absolute atomic E-state index is 0.242. The Morgan fingerprint density at radius 2 is 1.83 bits per heavy atom. The molecule has 3 heteroatoms. The normalized spacial score (nSPS) is 10.8. The summed E-state index contributed by atoms with van der Waals surface area (Å²) in [6.45, 7) is 6.55. The van der Waals surface area contributed by atoms with Crippen molar-refractivity contribution in [3.63, 3.8) is 0 Å². The molecule has 0 aliphatic heterocycles. The lowest BCUT2D eigenvalue weighted by atomic mass is 10.1. The number of rotatable bonds is 4. The van der Waals surface area contributed by atoms with Crippen molar-refractivity contribution in [3.05, 3.63) is 65.5 Å². The first-order valence-electron chi connectivity index (χ1n) is 7.73. The molecule has 23 heavy (non-hydrogen) atoms. The summed E-state index contributed by atoms with van der Waals surface area (Å²) in [5, 5.41) is 9.68. The van der Waals surface area contributed by atoms with Gasteiger partial charge in [-0.25, -0.2) is 4.39 Å². The average Bonchev–Trinajstić information content (AvgIpc) is 2.53. The Balaban J connectivity index is 2.26. The number of halogens is 1. The van der Waals surface area contributed by atoms with Crippen LogP contribution >= 0.6 is 0 Å². The van der Waals surface area contributed by atoms with Crippen LogP contribution in [0, 0.1) is 17.7 Å². The van der Waals surface area contributed by atoms with Gasteiger partial charge >= 0.3 is 0 Å². The zero-order chi connectivity index (χ0) is 16.9. The number of benzene rings is 2.